The van der Waals surface area contributed by atoms with Crippen molar-refractivity contribution < 1.29 is 35.8 Å². The zero-order valence-electron chi connectivity index (χ0n) is 11.0. The molecule has 1 N–H and O–H groups in total. The first-order valence-corrected chi connectivity index (χ1v) is 6.16. The number of ether oxygens (including phenoxy) is 2. The zero-order chi connectivity index (χ0) is 15.6. The van der Waals surface area contributed by atoms with Gasteiger partial charge in [0, 0.05) is 13.2 Å². The highest BCUT2D eigenvalue weighted by atomic mass is 19.4. The molecule has 1 aliphatic carbocycles. The summed E-state index contributed by atoms with van der Waals surface area (Å²) in [6, 6.07) is -0.285. The second-order valence-corrected chi connectivity index (χ2v) is 4.63. The molecule has 0 bridgehead atoms. The molecule has 1 saturated carbocycles. The van der Waals surface area contributed by atoms with Gasteiger partial charge in [-0.3, -0.25) is 0 Å². The van der Waals surface area contributed by atoms with E-state index in [1.165, 1.54) is 7.11 Å². The molecule has 0 amide bonds. The van der Waals surface area contributed by atoms with Crippen LogP contribution in [0.2, 0.25) is 0 Å². The van der Waals surface area contributed by atoms with Crippen molar-refractivity contribution in [2.75, 3.05) is 13.7 Å². The van der Waals surface area contributed by atoms with Crippen LogP contribution >= 0.6 is 0 Å². The summed E-state index contributed by atoms with van der Waals surface area (Å²) in [5.74, 6) is 0. The number of hydrogen-bond donors (Lipinski definition) is 1. The maximum atomic E-state index is 12.4. The predicted molar refractivity (Wildman–Crippen MR) is 58.3 cm³/mol. The third-order valence-corrected chi connectivity index (χ3v) is 3.08. The summed E-state index contributed by atoms with van der Waals surface area (Å²) in [7, 11) is 1.23. The Morgan fingerprint density at radius 3 is 2.10 bits per heavy atom. The Hall–Kier alpha value is -0.540. The van der Waals surface area contributed by atoms with E-state index >= 15 is 0 Å². The molecule has 1 rings (SSSR count). The molecule has 0 aromatic rings. The van der Waals surface area contributed by atoms with Crippen LogP contribution in [0.4, 0.5) is 26.3 Å². The fourth-order valence-corrected chi connectivity index (χ4v) is 2.07. The van der Waals surface area contributed by atoms with Crippen molar-refractivity contribution in [2.45, 2.75) is 56.5 Å². The molecule has 20 heavy (non-hydrogen) atoms. The standard InChI is InChI=1S/C11H17F6NO2/c1-3-4-18-6-5-7(8(6)19-2)20-9(10(12,13)14)11(15,16)17/h6-9,18H,3-5H2,1-2H3. The van der Waals surface area contributed by atoms with Crippen LogP contribution in [-0.4, -0.2) is 50.4 Å². The maximum Gasteiger partial charge on any atom is 0.423 e. The van der Waals surface area contributed by atoms with Crippen molar-refractivity contribution in [1.82, 2.24) is 5.32 Å². The summed E-state index contributed by atoms with van der Waals surface area (Å²) in [6.45, 7) is 2.50. The molecule has 3 unspecified atom stereocenters. The molecular weight excluding hydrogens is 292 g/mol. The molecule has 0 aromatic carbocycles. The third kappa shape index (κ3) is 4.23. The van der Waals surface area contributed by atoms with Crippen LogP contribution in [0.25, 0.3) is 0 Å². The van der Waals surface area contributed by atoms with Gasteiger partial charge in [0.15, 0.2) is 0 Å². The first-order chi connectivity index (χ1) is 9.11. The van der Waals surface area contributed by atoms with E-state index in [2.05, 4.69) is 10.1 Å². The van der Waals surface area contributed by atoms with Crippen LogP contribution in [0.1, 0.15) is 19.8 Å². The average molecular weight is 309 g/mol. The van der Waals surface area contributed by atoms with Gasteiger partial charge in [0.05, 0.1) is 12.2 Å². The Morgan fingerprint density at radius 2 is 1.70 bits per heavy atom. The minimum absolute atomic E-state index is 0.0567. The van der Waals surface area contributed by atoms with E-state index in [-0.39, 0.29) is 12.5 Å². The molecule has 3 nitrogen and oxygen atoms in total. The molecule has 0 spiro atoms. The number of hydrogen-bond acceptors (Lipinski definition) is 3. The lowest BCUT2D eigenvalue weighted by Gasteiger charge is -2.45. The van der Waals surface area contributed by atoms with Crippen molar-refractivity contribution in [3.8, 4) is 0 Å². The molecule has 1 aliphatic rings. The second-order valence-electron chi connectivity index (χ2n) is 4.63. The van der Waals surface area contributed by atoms with Crippen molar-refractivity contribution in [1.29, 1.82) is 0 Å². The quantitative estimate of drug-likeness (QED) is 0.765. The number of alkyl halides is 6. The van der Waals surface area contributed by atoms with Crippen LogP contribution in [0.15, 0.2) is 0 Å². The van der Waals surface area contributed by atoms with E-state index in [1.807, 2.05) is 6.92 Å². The van der Waals surface area contributed by atoms with Gasteiger partial charge in [0.2, 0.25) is 6.10 Å². The summed E-state index contributed by atoms with van der Waals surface area (Å²) < 4.78 is 83.3. The summed E-state index contributed by atoms with van der Waals surface area (Å²) >= 11 is 0. The van der Waals surface area contributed by atoms with Gasteiger partial charge >= 0.3 is 12.4 Å². The molecule has 0 radical (unpaired) electrons. The first kappa shape index (κ1) is 17.5. The fourth-order valence-electron chi connectivity index (χ4n) is 2.07. The summed E-state index contributed by atoms with van der Waals surface area (Å²) in [6.07, 6.45) is -15.9. The van der Waals surface area contributed by atoms with E-state index < -0.39 is 30.7 Å². The van der Waals surface area contributed by atoms with Crippen molar-refractivity contribution in [3.05, 3.63) is 0 Å². The lowest BCUT2D eigenvalue weighted by Crippen LogP contribution is -2.62. The molecule has 120 valence electrons. The first-order valence-electron chi connectivity index (χ1n) is 6.16. The van der Waals surface area contributed by atoms with E-state index in [9.17, 15) is 26.3 Å². The minimum Gasteiger partial charge on any atom is -0.377 e. The smallest absolute Gasteiger partial charge is 0.377 e. The Balaban J connectivity index is 2.63. The van der Waals surface area contributed by atoms with Gasteiger partial charge in [-0.1, -0.05) is 6.92 Å². The highest BCUT2D eigenvalue weighted by molar-refractivity contribution is 4.98. The highest BCUT2D eigenvalue weighted by Crippen LogP contribution is 2.39. The van der Waals surface area contributed by atoms with Gasteiger partial charge in [-0.2, -0.15) is 26.3 Å². The van der Waals surface area contributed by atoms with Crippen LogP contribution in [0, 0.1) is 0 Å². The van der Waals surface area contributed by atoms with Gasteiger partial charge in [0.1, 0.15) is 0 Å². The molecular formula is C11H17F6NO2. The van der Waals surface area contributed by atoms with E-state index in [0.29, 0.717) is 6.54 Å². The monoisotopic (exact) mass is 309 g/mol. The Morgan fingerprint density at radius 1 is 1.15 bits per heavy atom. The van der Waals surface area contributed by atoms with Crippen LogP contribution in [-0.2, 0) is 9.47 Å². The van der Waals surface area contributed by atoms with Gasteiger partial charge in [-0.15, -0.1) is 0 Å². The number of rotatable bonds is 6. The summed E-state index contributed by atoms with van der Waals surface area (Å²) in [5, 5.41) is 2.98. The van der Waals surface area contributed by atoms with Crippen molar-refractivity contribution >= 4 is 0 Å². The maximum absolute atomic E-state index is 12.4. The second kappa shape index (κ2) is 6.48. The molecule has 1 fully saturated rings. The third-order valence-electron chi connectivity index (χ3n) is 3.08. The van der Waals surface area contributed by atoms with Crippen molar-refractivity contribution in [2.24, 2.45) is 0 Å². The molecule has 0 aromatic heterocycles. The fraction of sp³-hybridized carbons (Fsp3) is 1.00. The normalized spacial score (nSPS) is 27.8. The number of nitrogens with one attached hydrogen (secondary N) is 1. The Labute approximate surface area is 112 Å². The van der Waals surface area contributed by atoms with Crippen LogP contribution < -0.4 is 5.32 Å². The lowest BCUT2D eigenvalue weighted by atomic mass is 9.85. The van der Waals surface area contributed by atoms with Gasteiger partial charge < -0.3 is 14.8 Å². The SMILES string of the molecule is CCCNC1CC(OC(C(F)(F)F)C(F)(F)F)C1OC. The van der Waals surface area contributed by atoms with Crippen LogP contribution in [0.5, 0.6) is 0 Å². The van der Waals surface area contributed by atoms with Gasteiger partial charge in [-0.25, -0.2) is 0 Å². The largest absolute Gasteiger partial charge is 0.423 e. The predicted octanol–water partition coefficient (Wildman–Crippen LogP) is 2.65. The van der Waals surface area contributed by atoms with E-state index in [0.717, 1.165) is 6.42 Å². The topological polar surface area (TPSA) is 30.5 Å². The molecule has 3 atom stereocenters. The Bertz CT molecular complexity index is 292. The van der Waals surface area contributed by atoms with E-state index in [4.69, 9.17) is 4.74 Å². The highest BCUT2D eigenvalue weighted by Gasteiger charge is 2.60. The zero-order valence-corrected chi connectivity index (χ0v) is 11.0. The van der Waals surface area contributed by atoms with Crippen molar-refractivity contribution in [3.63, 3.8) is 0 Å². The summed E-state index contributed by atoms with van der Waals surface area (Å²) in [4.78, 5) is 0. The van der Waals surface area contributed by atoms with E-state index in [1.54, 1.807) is 0 Å². The molecule has 0 aliphatic heterocycles. The molecule has 0 saturated heterocycles. The van der Waals surface area contributed by atoms with Crippen LogP contribution in [0.3, 0.4) is 0 Å². The Kier molecular flexibility index (Phi) is 5.68. The molecule has 9 heteroatoms. The lowest BCUT2D eigenvalue weighted by molar-refractivity contribution is -0.344. The number of methoxy groups -OCH3 is 1. The molecule has 0 heterocycles. The van der Waals surface area contributed by atoms with Gasteiger partial charge in [0.25, 0.3) is 0 Å². The number of halogens is 6. The summed E-state index contributed by atoms with van der Waals surface area (Å²) in [5.41, 5.74) is 0. The van der Waals surface area contributed by atoms with Gasteiger partial charge in [-0.05, 0) is 19.4 Å². The minimum atomic E-state index is -5.49. The average Bonchev–Trinajstić information content (AvgIpc) is 2.24.